The zero-order valence-corrected chi connectivity index (χ0v) is 20.0. The lowest BCUT2D eigenvalue weighted by molar-refractivity contribution is 0.0297. The molecule has 0 spiro atoms. The maximum atomic E-state index is 13.1. The number of carbonyl (C=O) groups excluding carboxylic acids is 2. The Kier molecular flexibility index (Phi) is 7.36. The van der Waals surface area contributed by atoms with E-state index in [-0.39, 0.29) is 18.0 Å². The van der Waals surface area contributed by atoms with Gasteiger partial charge in [-0.2, -0.15) is 0 Å². The van der Waals surface area contributed by atoms with Crippen molar-refractivity contribution in [1.29, 1.82) is 0 Å². The van der Waals surface area contributed by atoms with E-state index in [4.69, 9.17) is 4.74 Å². The molecule has 168 valence electrons. The molecule has 0 saturated carbocycles. The van der Waals surface area contributed by atoms with Gasteiger partial charge in [-0.15, -0.1) is 11.3 Å². The first-order valence-electron chi connectivity index (χ1n) is 10.9. The van der Waals surface area contributed by atoms with Crippen molar-refractivity contribution in [3.63, 3.8) is 0 Å². The van der Waals surface area contributed by atoms with Crippen LogP contribution in [-0.4, -0.2) is 53.0 Å². The van der Waals surface area contributed by atoms with Crippen molar-refractivity contribution in [3.05, 3.63) is 51.5 Å². The molecule has 31 heavy (non-hydrogen) atoms. The molecule has 1 unspecified atom stereocenters. The molecule has 6 nitrogen and oxygen atoms in total. The number of hydrogen-bond donors (Lipinski definition) is 0. The summed E-state index contributed by atoms with van der Waals surface area (Å²) in [7, 11) is 3.62. The normalized spacial score (nSPS) is 15.8. The number of ether oxygens (including phenoxy) is 1. The van der Waals surface area contributed by atoms with Gasteiger partial charge in [-0.3, -0.25) is 4.79 Å². The molecule has 0 saturated heterocycles. The highest BCUT2D eigenvalue weighted by atomic mass is 32.1. The van der Waals surface area contributed by atoms with Gasteiger partial charge in [0, 0.05) is 32.4 Å². The number of fused-ring (bicyclic) bond motifs is 1. The fourth-order valence-electron chi connectivity index (χ4n) is 3.88. The molecule has 0 N–H and O–H groups in total. The van der Waals surface area contributed by atoms with Crippen LogP contribution in [0.2, 0.25) is 0 Å². The lowest BCUT2D eigenvalue weighted by atomic mass is 9.87. The van der Waals surface area contributed by atoms with Crippen molar-refractivity contribution in [2.24, 2.45) is 0 Å². The molecule has 1 aliphatic rings. The largest absolute Gasteiger partial charge is 0.444 e. The van der Waals surface area contributed by atoms with E-state index in [0.29, 0.717) is 12.2 Å². The van der Waals surface area contributed by atoms with Crippen molar-refractivity contribution >= 4 is 23.3 Å². The molecule has 3 rings (SSSR count). The molecule has 1 aliphatic carbocycles. The third-order valence-electron chi connectivity index (χ3n) is 5.49. The summed E-state index contributed by atoms with van der Waals surface area (Å²) in [4.78, 5) is 33.1. The minimum Gasteiger partial charge on any atom is -0.444 e. The average Bonchev–Trinajstić information content (AvgIpc) is 3.19. The van der Waals surface area contributed by atoms with Gasteiger partial charge in [0.1, 0.15) is 11.3 Å². The number of benzene rings is 1. The topological polar surface area (TPSA) is 62.7 Å². The number of rotatable bonds is 6. The molecule has 0 fully saturated rings. The van der Waals surface area contributed by atoms with Gasteiger partial charge < -0.3 is 14.5 Å². The summed E-state index contributed by atoms with van der Waals surface area (Å²) < 4.78 is 5.37. The number of nitrogens with zero attached hydrogens (tertiary/aromatic N) is 3. The molecule has 1 aromatic carbocycles. The number of aromatic nitrogens is 1. The number of amides is 2. The van der Waals surface area contributed by atoms with Gasteiger partial charge in [-0.25, -0.2) is 9.78 Å². The molecule has 1 aromatic heterocycles. The second kappa shape index (κ2) is 9.81. The summed E-state index contributed by atoms with van der Waals surface area (Å²) in [5.41, 5.74) is 2.60. The monoisotopic (exact) mass is 443 g/mol. The first-order chi connectivity index (χ1) is 14.7. The molecule has 2 aromatic rings. The summed E-state index contributed by atoms with van der Waals surface area (Å²) in [6.07, 6.45) is 4.31. The number of thiazole rings is 1. The van der Waals surface area contributed by atoms with Crippen molar-refractivity contribution in [1.82, 2.24) is 14.8 Å². The quantitative estimate of drug-likeness (QED) is 0.624. The third-order valence-corrected chi connectivity index (χ3v) is 6.39. The first-order valence-corrected chi connectivity index (χ1v) is 11.8. The van der Waals surface area contributed by atoms with E-state index >= 15 is 0 Å². The Balaban J connectivity index is 1.55. The fourth-order valence-corrected chi connectivity index (χ4v) is 4.69. The van der Waals surface area contributed by atoms with E-state index in [1.54, 1.807) is 11.9 Å². The molecule has 0 radical (unpaired) electrons. The molecule has 7 heteroatoms. The molecule has 1 heterocycles. The predicted octanol–water partition coefficient (Wildman–Crippen LogP) is 5.09. The summed E-state index contributed by atoms with van der Waals surface area (Å²) in [6.45, 7) is 6.15. The Bertz CT molecular complexity index is 919. The number of carbonyl (C=O) groups is 2. The molecule has 2 amide bonds. The van der Waals surface area contributed by atoms with Crippen molar-refractivity contribution in [2.45, 2.75) is 64.5 Å². The SMILES string of the molecule is CN(CCCc1nc(C(=O)N(C)C2CCCc3ccccc32)cs1)C(=O)OC(C)(C)C. The van der Waals surface area contributed by atoms with Crippen molar-refractivity contribution in [2.75, 3.05) is 20.6 Å². The van der Waals surface area contributed by atoms with Crippen LogP contribution in [0.25, 0.3) is 0 Å². The average molecular weight is 444 g/mol. The third kappa shape index (κ3) is 6.06. The zero-order chi connectivity index (χ0) is 22.6. The standard InChI is InChI=1S/C24H33N3O3S/c1-24(2,3)30-23(29)26(4)15-9-14-21-25-19(16-31-21)22(28)27(5)20-13-8-11-17-10-6-7-12-18(17)20/h6-7,10,12,16,20H,8-9,11,13-15H2,1-5H3. The molecule has 0 bridgehead atoms. The van der Waals surface area contributed by atoms with E-state index in [0.717, 1.165) is 37.1 Å². The van der Waals surface area contributed by atoms with Crippen LogP contribution in [0.15, 0.2) is 29.6 Å². The Labute approximate surface area is 189 Å². The van der Waals surface area contributed by atoms with Crippen molar-refractivity contribution < 1.29 is 14.3 Å². The molecular formula is C24H33N3O3S. The van der Waals surface area contributed by atoms with Crippen LogP contribution in [0.5, 0.6) is 0 Å². The van der Waals surface area contributed by atoms with Gasteiger partial charge in [-0.05, 0) is 57.6 Å². The minimum atomic E-state index is -0.499. The van der Waals surface area contributed by atoms with Gasteiger partial charge in [-0.1, -0.05) is 24.3 Å². The van der Waals surface area contributed by atoms with Crippen LogP contribution in [0.4, 0.5) is 4.79 Å². The van der Waals surface area contributed by atoms with E-state index in [2.05, 4.69) is 23.2 Å². The lowest BCUT2D eigenvalue weighted by Crippen LogP contribution is -2.34. The number of aryl methyl sites for hydroxylation is 2. The van der Waals surface area contributed by atoms with Crippen LogP contribution >= 0.6 is 11.3 Å². The summed E-state index contributed by atoms with van der Waals surface area (Å²) in [5, 5.41) is 2.76. The van der Waals surface area contributed by atoms with Gasteiger partial charge in [0.25, 0.3) is 5.91 Å². The van der Waals surface area contributed by atoms with Gasteiger partial charge in [0.2, 0.25) is 0 Å². The fraction of sp³-hybridized carbons (Fsp3) is 0.542. The molecular weight excluding hydrogens is 410 g/mol. The van der Waals surface area contributed by atoms with Crippen LogP contribution in [0.1, 0.15) is 72.7 Å². The minimum absolute atomic E-state index is 0.0323. The van der Waals surface area contributed by atoms with E-state index < -0.39 is 5.60 Å². The summed E-state index contributed by atoms with van der Waals surface area (Å²) in [5.74, 6) is -0.0323. The van der Waals surface area contributed by atoms with Crippen molar-refractivity contribution in [3.8, 4) is 0 Å². The van der Waals surface area contributed by atoms with Gasteiger partial charge in [0.05, 0.1) is 11.0 Å². The Morgan fingerprint density at radius 3 is 2.71 bits per heavy atom. The first kappa shape index (κ1) is 23.3. The molecule has 1 atom stereocenters. The Morgan fingerprint density at radius 1 is 1.23 bits per heavy atom. The highest BCUT2D eigenvalue weighted by Crippen LogP contribution is 2.34. The van der Waals surface area contributed by atoms with E-state index in [1.165, 1.54) is 22.5 Å². The van der Waals surface area contributed by atoms with E-state index in [9.17, 15) is 9.59 Å². The highest BCUT2D eigenvalue weighted by Gasteiger charge is 2.28. The Hall–Kier alpha value is -2.41. The second-order valence-electron chi connectivity index (χ2n) is 9.15. The van der Waals surface area contributed by atoms with Crippen LogP contribution in [-0.2, 0) is 17.6 Å². The van der Waals surface area contributed by atoms with Crippen LogP contribution < -0.4 is 0 Å². The smallest absolute Gasteiger partial charge is 0.410 e. The summed E-state index contributed by atoms with van der Waals surface area (Å²) in [6, 6.07) is 8.51. The van der Waals surface area contributed by atoms with Crippen LogP contribution in [0.3, 0.4) is 0 Å². The maximum Gasteiger partial charge on any atom is 0.410 e. The van der Waals surface area contributed by atoms with Gasteiger partial charge >= 0.3 is 6.09 Å². The lowest BCUT2D eigenvalue weighted by Gasteiger charge is -2.33. The summed E-state index contributed by atoms with van der Waals surface area (Å²) >= 11 is 1.50. The highest BCUT2D eigenvalue weighted by molar-refractivity contribution is 7.09. The van der Waals surface area contributed by atoms with Crippen LogP contribution in [0, 0.1) is 0 Å². The van der Waals surface area contributed by atoms with E-state index in [1.807, 2.05) is 44.2 Å². The molecule has 0 aliphatic heterocycles. The predicted molar refractivity (Wildman–Crippen MR) is 124 cm³/mol. The second-order valence-corrected chi connectivity index (χ2v) is 10.1. The Morgan fingerprint density at radius 2 is 1.97 bits per heavy atom. The zero-order valence-electron chi connectivity index (χ0n) is 19.2. The number of hydrogen-bond acceptors (Lipinski definition) is 5. The van der Waals surface area contributed by atoms with Gasteiger partial charge in [0.15, 0.2) is 0 Å². The maximum absolute atomic E-state index is 13.1.